The summed E-state index contributed by atoms with van der Waals surface area (Å²) in [4.78, 5) is 26.9. The molecule has 0 radical (unpaired) electrons. The summed E-state index contributed by atoms with van der Waals surface area (Å²) in [5.74, 6) is -0.512. The molecule has 0 aliphatic carbocycles. The Bertz CT molecular complexity index is 1260. The van der Waals surface area contributed by atoms with E-state index in [1.165, 1.54) is 19.1 Å². The van der Waals surface area contributed by atoms with Crippen molar-refractivity contribution in [1.29, 1.82) is 0 Å². The Balaban J connectivity index is 1.91. The highest BCUT2D eigenvalue weighted by Crippen LogP contribution is 2.28. The molecule has 0 fully saturated rings. The molecule has 4 aromatic rings. The maximum absolute atomic E-state index is 11.4. The smallest absolute Gasteiger partial charge is 0.318 e. The summed E-state index contributed by atoms with van der Waals surface area (Å²) in [6, 6.07) is 23.5. The first-order valence-corrected chi connectivity index (χ1v) is 9.21. The van der Waals surface area contributed by atoms with Crippen molar-refractivity contribution >= 4 is 28.3 Å². The van der Waals surface area contributed by atoms with Gasteiger partial charge < -0.3 is 9.40 Å². The summed E-state index contributed by atoms with van der Waals surface area (Å²) in [5.41, 5.74) is 3.78. The van der Waals surface area contributed by atoms with Crippen LogP contribution in [0.2, 0.25) is 0 Å². The fraction of sp³-hybridized carbons (Fsp3) is 0.0435. The molecule has 0 amide bonds. The summed E-state index contributed by atoms with van der Waals surface area (Å²) in [7, 11) is 0. The molecule has 7 heteroatoms. The molecule has 0 saturated carbocycles. The second-order valence-corrected chi connectivity index (χ2v) is 6.59. The van der Waals surface area contributed by atoms with Gasteiger partial charge in [0.2, 0.25) is 0 Å². The van der Waals surface area contributed by atoms with Crippen LogP contribution in [-0.4, -0.2) is 21.2 Å². The summed E-state index contributed by atoms with van der Waals surface area (Å²) in [5, 5.41) is 16.0. The predicted octanol–water partition coefficient (Wildman–Crippen LogP) is 4.85. The molecular weight excluding hydrogens is 382 g/mol. The van der Waals surface area contributed by atoms with Gasteiger partial charge in [-0.1, -0.05) is 53.7 Å². The molecule has 148 valence electrons. The van der Waals surface area contributed by atoms with Crippen LogP contribution >= 0.6 is 0 Å². The molecule has 0 atom stereocenters. The Labute approximate surface area is 172 Å². The van der Waals surface area contributed by atoms with Gasteiger partial charge in [0, 0.05) is 47.5 Å². The van der Waals surface area contributed by atoms with E-state index in [9.17, 15) is 14.9 Å². The largest absolute Gasteiger partial charge is 0.332 e. The highest BCUT2D eigenvalue weighted by atomic mass is 16.7. The highest BCUT2D eigenvalue weighted by Gasteiger charge is 2.17. The first-order chi connectivity index (χ1) is 14.5. The van der Waals surface area contributed by atoms with Crippen LogP contribution < -0.4 is 0 Å². The van der Waals surface area contributed by atoms with Gasteiger partial charge in [0.15, 0.2) is 0 Å². The van der Waals surface area contributed by atoms with Gasteiger partial charge in [-0.3, -0.25) is 10.1 Å². The number of non-ortho nitro benzene ring substituents is 1. The lowest BCUT2D eigenvalue weighted by Crippen LogP contribution is -2.05. The first kappa shape index (κ1) is 19.1. The van der Waals surface area contributed by atoms with E-state index in [1.807, 2.05) is 65.4 Å². The minimum Gasteiger partial charge on any atom is -0.318 e. The quantitative estimate of drug-likeness (QED) is 0.208. The van der Waals surface area contributed by atoms with E-state index in [4.69, 9.17) is 4.84 Å². The van der Waals surface area contributed by atoms with Crippen molar-refractivity contribution < 1.29 is 14.6 Å². The molecular formula is C23H17N3O4. The molecule has 3 aromatic carbocycles. The van der Waals surface area contributed by atoms with E-state index in [-0.39, 0.29) is 5.69 Å². The van der Waals surface area contributed by atoms with Crippen LogP contribution in [0.5, 0.6) is 0 Å². The average molecular weight is 399 g/mol. The number of nitro benzene ring substituents is 1. The molecule has 1 aromatic heterocycles. The Kier molecular flexibility index (Phi) is 5.09. The lowest BCUT2D eigenvalue weighted by Gasteiger charge is -2.05. The molecule has 0 N–H and O–H groups in total. The molecule has 0 spiro atoms. The van der Waals surface area contributed by atoms with Crippen LogP contribution in [0, 0.1) is 10.1 Å². The molecule has 0 unspecified atom stereocenters. The standard InChI is InChI=1S/C23H17N3O4/c1-16(27)30-24-23(17-7-3-2-4-8-17)21-15-25(22-10-6-5-9-20(21)22)18-11-13-19(14-12-18)26(28)29/h2-15H,1H3/b24-23+. The van der Waals surface area contributed by atoms with Crippen LogP contribution in [0.15, 0.2) is 90.2 Å². The third-order valence-corrected chi connectivity index (χ3v) is 4.62. The Morgan fingerprint density at radius 1 is 0.967 bits per heavy atom. The van der Waals surface area contributed by atoms with Gasteiger partial charge in [0.05, 0.1) is 10.4 Å². The monoisotopic (exact) mass is 399 g/mol. The van der Waals surface area contributed by atoms with Gasteiger partial charge in [-0.05, 0) is 18.2 Å². The van der Waals surface area contributed by atoms with Gasteiger partial charge in [0.1, 0.15) is 5.71 Å². The van der Waals surface area contributed by atoms with E-state index in [0.29, 0.717) is 5.71 Å². The summed E-state index contributed by atoms with van der Waals surface area (Å²) in [6.45, 7) is 1.30. The predicted molar refractivity (Wildman–Crippen MR) is 114 cm³/mol. The number of carbonyl (C=O) groups is 1. The van der Waals surface area contributed by atoms with Crippen molar-refractivity contribution in [2.24, 2.45) is 5.16 Å². The van der Waals surface area contributed by atoms with E-state index >= 15 is 0 Å². The number of carbonyl (C=O) groups excluding carboxylic acids is 1. The van der Waals surface area contributed by atoms with E-state index in [0.717, 1.165) is 27.7 Å². The highest BCUT2D eigenvalue weighted by molar-refractivity contribution is 6.19. The number of aromatic nitrogens is 1. The number of fused-ring (bicyclic) bond motifs is 1. The molecule has 0 bridgehead atoms. The summed E-state index contributed by atoms with van der Waals surface area (Å²) < 4.78 is 1.93. The Morgan fingerprint density at radius 3 is 2.30 bits per heavy atom. The fourth-order valence-electron chi connectivity index (χ4n) is 3.28. The third-order valence-electron chi connectivity index (χ3n) is 4.62. The number of benzene rings is 3. The van der Waals surface area contributed by atoms with Crippen LogP contribution in [0.25, 0.3) is 16.6 Å². The molecule has 4 rings (SSSR count). The normalized spacial score (nSPS) is 11.4. The van der Waals surface area contributed by atoms with E-state index in [2.05, 4.69) is 5.16 Å². The lowest BCUT2D eigenvalue weighted by atomic mass is 10.0. The van der Waals surface area contributed by atoms with Crippen molar-refractivity contribution in [3.8, 4) is 5.69 Å². The fourth-order valence-corrected chi connectivity index (χ4v) is 3.28. The lowest BCUT2D eigenvalue weighted by molar-refractivity contribution is -0.384. The molecule has 0 saturated heterocycles. The number of para-hydroxylation sites is 1. The zero-order chi connectivity index (χ0) is 21.1. The number of hydrogen-bond acceptors (Lipinski definition) is 5. The molecule has 0 aliphatic heterocycles. The zero-order valence-electron chi connectivity index (χ0n) is 16.1. The molecule has 1 heterocycles. The van der Waals surface area contributed by atoms with E-state index < -0.39 is 10.9 Å². The molecule has 30 heavy (non-hydrogen) atoms. The first-order valence-electron chi connectivity index (χ1n) is 9.21. The van der Waals surface area contributed by atoms with Gasteiger partial charge in [0.25, 0.3) is 5.69 Å². The second-order valence-electron chi connectivity index (χ2n) is 6.59. The van der Waals surface area contributed by atoms with E-state index in [1.54, 1.807) is 12.1 Å². The van der Waals surface area contributed by atoms with Crippen molar-refractivity contribution in [1.82, 2.24) is 4.57 Å². The zero-order valence-corrected chi connectivity index (χ0v) is 16.1. The Hall–Kier alpha value is -4.26. The van der Waals surface area contributed by atoms with Gasteiger partial charge >= 0.3 is 5.97 Å². The van der Waals surface area contributed by atoms with Crippen molar-refractivity contribution in [2.75, 3.05) is 0 Å². The maximum atomic E-state index is 11.4. The number of nitro groups is 1. The third kappa shape index (κ3) is 3.68. The maximum Gasteiger partial charge on any atom is 0.332 e. The number of oxime groups is 1. The van der Waals surface area contributed by atoms with Crippen molar-refractivity contribution in [3.63, 3.8) is 0 Å². The molecule has 0 aliphatic rings. The Morgan fingerprint density at radius 2 is 1.63 bits per heavy atom. The van der Waals surface area contributed by atoms with Crippen LogP contribution in [-0.2, 0) is 9.63 Å². The minimum atomic E-state index is -0.512. The van der Waals surface area contributed by atoms with Gasteiger partial charge in [-0.25, -0.2) is 4.79 Å². The molecule has 7 nitrogen and oxygen atoms in total. The van der Waals surface area contributed by atoms with Crippen LogP contribution in [0.3, 0.4) is 0 Å². The van der Waals surface area contributed by atoms with Crippen molar-refractivity contribution in [3.05, 3.63) is 106 Å². The minimum absolute atomic E-state index is 0.0248. The van der Waals surface area contributed by atoms with Gasteiger partial charge in [-0.2, -0.15) is 0 Å². The summed E-state index contributed by atoms with van der Waals surface area (Å²) >= 11 is 0. The van der Waals surface area contributed by atoms with Crippen LogP contribution in [0.4, 0.5) is 5.69 Å². The second kappa shape index (κ2) is 8.00. The number of nitrogens with zero attached hydrogens (tertiary/aromatic N) is 3. The van der Waals surface area contributed by atoms with Gasteiger partial charge in [-0.15, -0.1) is 0 Å². The van der Waals surface area contributed by atoms with Crippen LogP contribution in [0.1, 0.15) is 18.1 Å². The van der Waals surface area contributed by atoms with Crippen molar-refractivity contribution in [2.45, 2.75) is 6.92 Å². The number of hydrogen-bond donors (Lipinski definition) is 0. The SMILES string of the molecule is CC(=O)O/N=C(\c1ccccc1)c1cn(-c2ccc([N+](=O)[O-])cc2)c2ccccc12. The average Bonchev–Trinajstić information content (AvgIpc) is 3.14. The topological polar surface area (TPSA) is 86.7 Å². The number of rotatable bonds is 5. The summed E-state index contributed by atoms with van der Waals surface area (Å²) in [6.07, 6.45) is 1.89.